The number of hydrogen-bond donors (Lipinski definition) is 2. The van der Waals surface area contributed by atoms with E-state index < -0.39 is 0 Å². The lowest BCUT2D eigenvalue weighted by molar-refractivity contribution is 1.46. The molecule has 2 aliphatic rings. The van der Waals surface area contributed by atoms with Crippen LogP contribution >= 0.6 is 0 Å². The maximum Gasteiger partial charge on any atom is 0.0464 e. The minimum absolute atomic E-state index is 1.08. The van der Waals surface area contributed by atoms with Crippen molar-refractivity contribution in [1.29, 1.82) is 0 Å². The van der Waals surface area contributed by atoms with Gasteiger partial charge in [-0.25, -0.2) is 0 Å². The third kappa shape index (κ3) is 3.06. The molecule has 2 N–H and O–H groups in total. The van der Waals surface area contributed by atoms with Gasteiger partial charge in [-0.05, 0) is 35.4 Å². The molecule has 3 aromatic rings. The summed E-state index contributed by atoms with van der Waals surface area (Å²) in [5.41, 5.74) is 9.10. The van der Waals surface area contributed by atoms with Gasteiger partial charge in [0.25, 0.3) is 0 Å². The van der Waals surface area contributed by atoms with E-state index in [4.69, 9.17) is 0 Å². The first-order valence-electron chi connectivity index (χ1n) is 9.47. The van der Waals surface area contributed by atoms with Gasteiger partial charge in [-0.3, -0.25) is 0 Å². The van der Waals surface area contributed by atoms with Crippen molar-refractivity contribution in [1.82, 2.24) is 0 Å². The zero-order valence-electron chi connectivity index (χ0n) is 15.4. The van der Waals surface area contributed by atoms with Crippen molar-refractivity contribution in [3.8, 4) is 0 Å². The molecule has 0 aliphatic carbocycles. The molecule has 2 heteroatoms. The highest BCUT2D eigenvalue weighted by Gasteiger charge is 2.15. The van der Waals surface area contributed by atoms with Crippen molar-refractivity contribution in [2.45, 2.75) is 0 Å². The summed E-state index contributed by atoms with van der Waals surface area (Å²) in [5, 5.41) is 7.23. The molecule has 0 saturated heterocycles. The number of rotatable bonds is 2. The molecule has 2 aliphatic heterocycles. The zero-order valence-corrected chi connectivity index (χ0v) is 15.4. The predicted octanol–water partition coefficient (Wildman–Crippen LogP) is 6.65. The Hall–Kier alpha value is -3.78. The van der Waals surface area contributed by atoms with Gasteiger partial charge in [-0.1, -0.05) is 85.0 Å². The van der Waals surface area contributed by atoms with Gasteiger partial charge in [-0.2, -0.15) is 0 Å². The molecule has 2 nitrogen and oxygen atoms in total. The smallest absolute Gasteiger partial charge is 0.0464 e. The molecule has 0 atom stereocenters. The molecule has 0 radical (unpaired) electrons. The minimum Gasteiger partial charge on any atom is -0.355 e. The number of anilines is 2. The molecule has 0 spiro atoms. The Bertz CT molecular complexity index is 1070. The molecule has 3 aromatic carbocycles. The summed E-state index contributed by atoms with van der Waals surface area (Å²) in [7, 11) is 0. The van der Waals surface area contributed by atoms with E-state index in [1.165, 1.54) is 11.1 Å². The predicted molar refractivity (Wildman–Crippen MR) is 121 cm³/mol. The molecular weight excluding hydrogens is 340 g/mol. The van der Waals surface area contributed by atoms with Gasteiger partial charge in [-0.15, -0.1) is 0 Å². The van der Waals surface area contributed by atoms with E-state index in [9.17, 15) is 0 Å². The monoisotopic (exact) mass is 360 g/mol. The summed E-state index contributed by atoms with van der Waals surface area (Å²) < 4.78 is 0. The number of nitrogens with one attached hydrogen (secondary N) is 2. The maximum atomic E-state index is 3.62. The lowest BCUT2D eigenvalue weighted by atomic mass is 10.0. The normalized spacial score (nSPS) is 14.4. The second-order valence-electron chi connectivity index (χ2n) is 6.85. The molecular formula is C26H20N2. The van der Waals surface area contributed by atoms with E-state index in [2.05, 4.69) is 120 Å². The van der Waals surface area contributed by atoms with Crippen molar-refractivity contribution in [2.24, 2.45) is 0 Å². The van der Waals surface area contributed by atoms with Crippen LogP contribution in [0.25, 0.3) is 23.5 Å². The van der Waals surface area contributed by atoms with Crippen LogP contribution in [0.3, 0.4) is 0 Å². The summed E-state index contributed by atoms with van der Waals surface area (Å²) in [6, 6.07) is 25.2. The largest absolute Gasteiger partial charge is 0.355 e. The van der Waals surface area contributed by atoms with Crippen LogP contribution < -0.4 is 10.6 Å². The van der Waals surface area contributed by atoms with E-state index in [1.807, 2.05) is 0 Å². The molecule has 0 bridgehead atoms. The van der Waals surface area contributed by atoms with Crippen LogP contribution in [0.4, 0.5) is 11.4 Å². The summed E-state index contributed by atoms with van der Waals surface area (Å²) >= 11 is 0. The second kappa shape index (κ2) is 7.09. The van der Waals surface area contributed by atoms with E-state index in [0.29, 0.717) is 0 Å². The van der Waals surface area contributed by atoms with Crippen LogP contribution in [0.15, 0.2) is 97.1 Å². The van der Waals surface area contributed by atoms with Crippen molar-refractivity contribution in [2.75, 3.05) is 10.6 Å². The number of para-hydroxylation sites is 2. The van der Waals surface area contributed by atoms with Crippen LogP contribution in [-0.4, -0.2) is 0 Å². The number of hydrogen-bond acceptors (Lipinski definition) is 2. The average Bonchev–Trinajstić information content (AvgIpc) is 3.09. The van der Waals surface area contributed by atoms with Gasteiger partial charge in [0, 0.05) is 33.9 Å². The first kappa shape index (κ1) is 16.4. The SMILES string of the molecule is C1=Cc2ccccc2NC(c2ccccc2C2=CC=Cc3ccccc3N2)=C1. The first-order chi connectivity index (χ1) is 13.9. The van der Waals surface area contributed by atoms with E-state index in [0.717, 1.165) is 33.9 Å². The fraction of sp³-hybridized carbons (Fsp3) is 0. The number of benzene rings is 3. The fourth-order valence-electron chi connectivity index (χ4n) is 3.65. The Labute approximate surface area is 165 Å². The van der Waals surface area contributed by atoms with Crippen LogP contribution in [-0.2, 0) is 0 Å². The van der Waals surface area contributed by atoms with Crippen molar-refractivity contribution < 1.29 is 0 Å². The zero-order chi connectivity index (χ0) is 18.8. The van der Waals surface area contributed by atoms with Crippen molar-refractivity contribution in [3.63, 3.8) is 0 Å². The molecule has 5 rings (SSSR count). The first-order valence-corrected chi connectivity index (χ1v) is 9.47. The Kier molecular flexibility index (Phi) is 4.15. The molecule has 0 fully saturated rings. The minimum atomic E-state index is 1.08. The van der Waals surface area contributed by atoms with Crippen LogP contribution in [0, 0.1) is 0 Å². The van der Waals surface area contributed by atoms with Gasteiger partial charge in [0.05, 0.1) is 0 Å². The second-order valence-corrected chi connectivity index (χ2v) is 6.85. The van der Waals surface area contributed by atoms with Gasteiger partial charge >= 0.3 is 0 Å². The number of allylic oxidation sites excluding steroid dienone is 4. The molecule has 0 aromatic heterocycles. The molecule has 0 unspecified atom stereocenters. The Morgan fingerprint density at radius 2 is 0.893 bits per heavy atom. The van der Waals surface area contributed by atoms with Crippen molar-refractivity contribution in [3.05, 3.63) is 119 Å². The summed E-state index contributed by atoms with van der Waals surface area (Å²) in [6.45, 7) is 0. The third-order valence-corrected chi connectivity index (χ3v) is 5.05. The lowest BCUT2D eigenvalue weighted by Crippen LogP contribution is -2.06. The summed E-state index contributed by atoms with van der Waals surface area (Å²) in [6.07, 6.45) is 12.8. The van der Waals surface area contributed by atoms with Crippen LogP contribution in [0.2, 0.25) is 0 Å². The van der Waals surface area contributed by atoms with Crippen LogP contribution in [0.5, 0.6) is 0 Å². The lowest BCUT2D eigenvalue weighted by Gasteiger charge is -2.18. The highest BCUT2D eigenvalue weighted by atomic mass is 14.9. The topological polar surface area (TPSA) is 24.1 Å². The van der Waals surface area contributed by atoms with E-state index >= 15 is 0 Å². The molecule has 0 amide bonds. The van der Waals surface area contributed by atoms with Gasteiger partial charge < -0.3 is 10.6 Å². The fourth-order valence-corrected chi connectivity index (χ4v) is 3.65. The summed E-state index contributed by atoms with van der Waals surface area (Å²) in [5.74, 6) is 0. The molecule has 0 saturated carbocycles. The Morgan fingerprint density at radius 3 is 1.39 bits per heavy atom. The standard InChI is InChI=1S/C26H20N2/c1-5-15-23-19(9-1)11-7-17-25(27-23)21-13-3-4-14-22(21)26-18-8-12-20-10-2-6-16-24(20)28-26/h1-18,27-28H. The van der Waals surface area contributed by atoms with Crippen LogP contribution in [0.1, 0.15) is 22.3 Å². The highest BCUT2D eigenvalue weighted by Crippen LogP contribution is 2.32. The third-order valence-electron chi connectivity index (χ3n) is 5.05. The number of fused-ring (bicyclic) bond motifs is 2. The Morgan fingerprint density at radius 1 is 0.464 bits per heavy atom. The molecule has 134 valence electrons. The van der Waals surface area contributed by atoms with E-state index in [1.54, 1.807) is 0 Å². The highest BCUT2D eigenvalue weighted by molar-refractivity contribution is 5.93. The quantitative estimate of drug-likeness (QED) is 0.535. The maximum absolute atomic E-state index is 3.62. The van der Waals surface area contributed by atoms with E-state index in [-0.39, 0.29) is 0 Å². The summed E-state index contributed by atoms with van der Waals surface area (Å²) in [4.78, 5) is 0. The van der Waals surface area contributed by atoms with Gasteiger partial charge in [0.15, 0.2) is 0 Å². The molecule has 28 heavy (non-hydrogen) atoms. The molecule has 2 heterocycles. The van der Waals surface area contributed by atoms with Crippen molar-refractivity contribution >= 4 is 34.9 Å². The van der Waals surface area contributed by atoms with Gasteiger partial charge in [0.1, 0.15) is 0 Å². The van der Waals surface area contributed by atoms with Gasteiger partial charge in [0.2, 0.25) is 0 Å². The average molecular weight is 360 g/mol. The Balaban J connectivity index is 1.56.